The van der Waals surface area contributed by atoms with Gasteiger partial charge in [0.15, 0.2) is 11.6 Å². The number of carbonyl (C=O) groups is 2. The number of benzene rings is 2. The molecule has 2 N–H and O–H groups in total. The molecular formula is C22H24N4O2S. The molecule has 1 aromatic heterocycles. The van der Waals surface area contributed by atoms with Gasteiger partial charge in [0.1, 0.15) is 0 Å². The normalized spacial score (nSPS) is 12.4. The molecule has 3 aromatic rings. The summed E-state index contributed by atoms with van der Waals surface area (Å²) >= 11 is 1.31. The number of ketones is 1. The third-order valence-corrected chi connectivity index (χ3v) is 5.23. The van der Waals surface area contributed by atoms with Crippen LogP contribution in [0.15, 0.2) is 59.8 Å². The van der Waals surface area contributed by atoms with Crippen LogP contribution in [0.4, 0.5) is 5.69 Å². The number of thioether (sulfide) groups is 1. The van der Waals surface area contributed by atoms with Crippen LogP contribution in [0.5, 0.6) is 0 Å². The number of aromatic nitrogens is 3. The first-order valence-corrected chi connectivity index (χ1v) is 10.2. The highest BCUT2D eigenvalue weighted by molar-refractivity contribution is 8.00. The van der Waals surface area contributed by atoms with E-state index in [1.54, 1.807) is 24.3 Å². The van der Waals surface area contributed by atoms with E-state index < -0.39 is 5.41 Å². The number of aromatic amines is 1. The Balaban J connectivity index is 1.63. The van der Waals surface area contributed by atoms with E-state index in [2.05, 4.69) is 20.5 Å². The molecule has 0 saturated heterocycles. The lowest BCUT2D eigenvalue weighted by atomic mass is 9.95. The summed E-state index contributed by atoms with van der Waals surface area (Å²) in [6, 6.07) is 16.6. The van der Waals surface area contributed by atoms with Gasteiger partial charge in [0.2, 0.25) is 11.1 Å². The molecule has 1 atom stereocenters. The summed E-state index contributed by atoms with van der Waals surface area (Å²) in [6.45, 7) is 7.39. The first-order valence-electron chi connectivity index (χ1n) is 9.34. The van der Waals surface area contributed by atoms with E-state index in [0.29, 0.717) is 22.2 Å². The monoisotopic (exact) mass is 408 g/mol. The summed E-state index contributed by atoms with van der Waals surface area (Å²) < 4.78 is 0. The van der Waals surface area contributed by atoms with Crippen molar-refractivity contribution in [2.75, 3.05) is 5.32 Å². The van der Waals surface area contributed by atoms with Crippen molar-refractivity contribution in [2.24, 2.45) is 5.41 Å². The minimum absolute atomic E-state index is 0.0187. The van der Waals surface area contributed by atoms with Crippen LogP contribution in [0.1, 0.15) is 38.1 Å². The molecule has 7 heteroatoms. The van der Waals surface area contributed by atoms with Crippen molar-refractivity contribution >= 4 is 29.1 Å². The molecule has 0 aliphatic heterocycles. The lowest BCUT2D eigenvalue weighted by Gasteiger charge is -2.17. The molecule has 0 spiro atoms. The van der Waals surface area contributed by atoms with Crippen molar-refractivity contribution < 1.29 is 9.59 Å². The number of nitrogens with zero attached hydrogens (tertiary/aromatic N) is 2. The predicted molar refractivity (Wildman–Crippen MR) is 116 cm³/mol. The van der Waals surface area contributed by atoms with Gasteiger partial charge in [-0.15, -0.1) is 5.10 Å². The predicted octanol–water partition coefficient (Wildman–Crippen LogP) is 4.82. The number of hydrogen-bond acceptors (Lipinski definition) is 5. The Labute approximate surface area is 174 Å². The van der Waals surface area contributed by atoms with Gasteiger partial charge in [-0.25, -0.2) is 4.98 Å². The third kappa shape index (κ3) is 5.32. The van der Waals surface area contributed by atoms with Crippen molar-refractivity contribution in [2.45, 2.75) is 38.1 Å². The Morgan fingerprint density at radius 3 is 2.31 bits per heavy atom. The number of amides is 1. The van der Waals surface area contributed by atoms with E-state index >= 15 is 0 Å². The van der Waals surface area contributed by atoms with Gasteiger partial charge >= 0.3 is 0 Å². The molecule has 3 rings (SSSR count). The average molecular weight is 409 g/mol. The minimum Gasteiger partial charge on any atom is -0.326 e. The average Bonchev–Trinajstić information content (AvgIpc) is 3.16. The number of anilines is 1. The molecule has 0 bridgehead atoms. The summed E-state index contributed by atoms with van der Waals surface area (Å²) in [4.78, 5) is 29.3. The smallest absolute Gasteiger partial charge is 0.229 e. The van der Waals surface area contributed by atoms with Gasteiger partial charge in [-0.3, -0.25) is 14.7 Å². The lowest BCUT2D eigenvalue weighted by Crippen LogP contribution is -2.27. The molecule has 1 amide bonds. The van der Waals surface area contributed by atoms with Crippen LogP contribution in [0.2, 0.25) is 0 Å². The number of Topliss-reactive ketones (excluding diaryl/α,β-unsaturated/α-hetero) is 1. The van der Waals surface area contributed by atoms with Crippen LogP contribution in [0.25, 0.3) is 11.4 Å². The van der Waals surface area contributed by atoms with E-state index in [0.717, 1.165) is 5.56 Å². The third-order valence-electron chi connectivity index (χ3n) is 4.27. The summed E-state index contributed by atoms with van der Waals surface area (Å²) in [7, 11) is 0. The van der Waals surface area contributed by atoms with Crippen LogP contribution in [0.3, 0.4) is 0 Å². The molecule has 150 valence electrons. The maximum atomic E-state index is 12.7. The van der Waals surface area contributed by atoms with E-state index in [1.807, 2.05) is 58.0 Å². The maximum Gasteiger partial charge on any atom is 0.229 e. The number of rotatable bonds is 6. The Bertz CT molecular complexity index is 992. The zero-order valence-corrected chi connectivity index (χ0v) is 17.7. The first kappa shape index (κ1) is 20.8. The number of hydrogen-bond donors (Lipinski definition) is 2. The largest absolute Gasteiger partial charge is 0.326 e. The topological polar surface area (TPSA) is 87.7 Å². The lowest BCUT2D eigenvalue weighted by molar-refractivity contribution is -0.123. The van der Waals surface area contributed by atoms with E-state index in [-0.39, 0.29) is 16.9 Å². The second-order valence-electron chi connectivity index (χ2n) is 7.74. The summed E-state index contributed by atoms with van der Waals surface area (Å²) in [5.74, 6) is 0.584. The van der Waals surface area contributed by atoms with Gasteiger partial charge in [-0.05, 0) is 31.2 Å². The molecule has 0 fully saturated rings. The van der Waals surface area contributed by atoms with Crippen LogP contribution in [-0.2, 0) is 4.79 Å². The van der Waals surface area contributed by atoms with Gasteiger partial charge in [-0.1, -0.05) is 62.9 Å². The van der Waals surface area contributed by atoms with Gasteiger partial charge < -0.3 is 5.32 Å². The Hall–Kier alpha value is -2.93. The van der Waals surface area contributed by atoms with Crippen molar-refractivity contribution in [1.82, 2.24) is 15.2 Å². The Kier molecular flexibility index (Phi) is 6.17. The van der Waals surface area contributed by atoms with Crippen molar-refractivity contribution in [3.8, 4) is 11.4 Å². The fraction of sp³-hybridized carbons (Fsp3) is 0.273. The van der Waals surface area contributed by atoms with Crippen LogP contribution >= 0.6 is 11.8 Å². The molecule has 29 heavy (non-hydrogen) atoms. The number of nitrogens with one attached hydrogen (secondary N) is 2. The SMILES string of the molecule is C[C@@H](Sc1n[nH]c(-c2ccccc2)n1)C(=O)c1ccc(NC(=O)C(C)(C)C)cc1. The van der Waals surface area contributed by atoms with E-state index in [9.17, 15) is 9.59 Å². The fourth-order valence-corrected chi connectivity index (χ4v) is 3.31. The van der Waals surface area contributed by atoms with Crippen molar-refractivity contribution in [1.29, 1.82) is 0 Å². The molecule has 0 unspecified atom stereocenters. The second kappa shape index (κ2) is 8.61. The molecule has 6 nitrogen and oxygen atoms in total. The first-order chi connectivity index (χ1) is 13.7. The molecule has 0 aliphatic carbocycles. The van der Waals surface area contributed by atoms with Gasteiger partial charge in [0.05, 0.1) is 5.25 Å². The molecular weight excluding hydrogens is 384 g/mol. The highest BCUT2D eigenvalue weighted by Gasteiger charge is 2.22. The molecule has 0 aliphatic rings. The summed E-state index contributed by atoms with van der Waals surface area (Å²) in [6.07, 6.45) is 0. The summed E-state index contributed by atoms with van der Waals surface area (Å²) in [5, 5.41) is 10.2. The zero-order chi connectivity index (χ0) is 21.0. The molecule has 2 aromatic carbocycles. The second-order valence-corrected chi connectivity index (χ2v) is 9.05. The molecule has 1 heterocycles. The molecule has 0 radical (unpaired) electrons. The minimum atomic E-state index is -0.477. The zero-order valence-electron chi connectivity index (χ0n) is 16.9. The van der Waals surface area contributed by atoms with Gasteiger partial charge in [0.25, 0.3) is 0 Å². The maximum absolute atomic E-state index is 12.7. The van der Waals surface area contributed by atoms with Crippen LogP contribution < -0.4 is 5.32 Å². The van der Waals surface area contributed by atoms with Gasteiger partial charge in [-0.2, -0.15) is 0 Å². The number of H-pyrrole nitrogens is 1. The quantitative estimate of drug-likeness (QED) is 0.451. The van der Waals surface area contributed by atoms with Crippen molar-refractivity contribution in [3.63, 3.8) is 0 Å². The Morgan fingerprint density at radius 2 is 1.69 bits per heavy atom. The standard InChI is InChI=1S/C22H24N4O2S/c1-14(29-21-24-19(25-26-21)16-8-6-5-7-9-16)18(27)15-10-12-17(13-11-15)23-20(28)22(2,3)4/h5-14H,1-4H3,(H,23,28)(H,24,25,26)/t14-/m1/s1. The van der Waals surface area contributed by atoms with E-state index in [4.69, 9.17) is 0 Å². The fourth-order valence-electron chi connectivity index (χ4n) is 2.51. The van der Waals surface area contributed by atoms with Gasteiger partial charge in [0, 0.05) is 22.2 Å². The molecule has 0 saturated carbocycles. The van der Waals surface area contributed by atoms with E-state index in [1.165, 1.54) is 11.8 Å². The van der Waals surface area contributed by atoms with Crippen LogP contribution in [-0.4, -0.2) is 32.1 Å². The number of carbonyl (C=O) groups excluding carboxylic acids is 2. The summed E-state index contributed by atoms with van der Waals surface area (Å²) in [5.41, 5.74) is 1.72. The Morgan fingerprint density at radius 1 is 1.03 bits per heavy atom. The highest BCUT2D eigenvalue weighted by atomic mass is 32.2. The van der Waals surface area contributed by atoms with Crippen molar-refractivity contribution in [3.05, 3.63) is 60.2 Å². The highest BCUT2D eigenvalue weighted by Crippen LogP contribution is 2.25. The van der Waals surface area contributed by atoms with Crippen LogP contribution in [0, 0.1) is 5.41 Å².